The first-order valence-electron chi connectivity index (χ1n) is 8.82. The van der Waals surface area contributed by atoms with Gasteiger partial charge in [-0.3, -0.25) is 14.5 Å². The number of nitrogens with zero attached hydrogens (tertiary/aromatic N) is 2. The third-order valence-corrected chi connectivity index (χ3v) is 5.43. The first-order valence-corrected chi connectivity index (χ1v) is 8.82. The lowest BCUT2D eigenvalue weighted by Gasteiger charge is -2.33. The van der Waals surface area contributed by atoms with Gasteiger partial charge in [0, 0.05) is 25.6 Å². The van der Waals surface area contributed by atoms with Crippen LogP contribution in [-0.4, -0.2) is 53.0 Å². The molecule has 5 heteroatoms. The summed E-state index contributed by atoms with van der Waals surface area (Å²) < 4.78 is 0. The second-order valence-corrected chi connectivity index (χ2v) is 7.20. The highest BCUT2D eigenvalue weighted by atomic mass is 16.4. The lowest BCUT2D eigenvalue weighted by molar-refractivity contribution is -0.142. The number of carboxylic acids is 1. The van der Waals surface area contributed by atoms with Gasteiger partial charge >= 0.3 is 5.97 Å². The number of aliphatic carboxylic acids is 1. The lowest BCUT2D eigenvalue weighted by Crippen LogP contribution is -2.41. The van der Waals surface area contributed by atoms with Gasteiger partial charge in [-0.1, -0.05) is 37.3 Å². The highest BCUT2D eigenvalue weighted by molar-refractivity contribution is 5.81. The zero-order valence-electron chi connectivity index (χ0n) is 14.2. The van der Waals surface area contributed by atoms with Crippen molar-refractivity contribution in [1.82, 2.24) is 9.80 Å². The molecule has 0 spiro atoms. The number of hydrogen-bond acceptors (Lipinski definition) is 3. The number of likely N-dealkylation sites (tertiary alicyclic amines) is 2. The predicted molar refractivity (Wildman–Crippen MR) is 91.3 cm³/mol. The molecule has 2 fully saturated rings. The van der Waals surface area contributed by atoms with Gasteiger partial charge in [-0.05, 0) is 37.4 Å². The number of hydrogen-bond donors (Lipinski definition) is 1. The Morgan fingerprint density at radius 3 is 2.38 bits per heavy atom. The van der Waals surface area contributed by atoms with E-state index in [1.165, 1.54) is 5.56 Å². The number of amides is 1. The molecule has 0 radical (unpaired) electrons. The highest BCUT2D eigenvalue weighted by Gasteiger charge is 2.39. The Morgan fingerprint density at radius 1 is 1.12 bits per heavy atom. The van der Waals surface area contributed by atoms with Crippen LogP contribution in [0.4, 0.5) is 0 Å². The third kappa shape index (κ3) is 3.78. The van der Waals surface area contributed by atoms with E-state index in [4.69, 9.17) is 0 Å². The summed E-state index contributed by atoms with van der Waals surface area (Å²) in [6.07, 6.45) is 1.74. The number of carbonyl (C=O) groups is 2. The molecule has 2 aliphatic rings. The molecule has 3 rings (SSSR count). The minimum absolute atomic E-state index is 0.0459. The van der Waals surface area contributed by atoms with Crippen LogP contribution < -0.4 is 0 Å². The Labute approximate surface area is 143 Å². The Bertz CT molecular complexity index is 582. The van der Waals surface area contributed by atoms with E-state index in [2.05, 4.69) is 29.2 Å². The fourth-order valence-electron chi connectivity index (χ4n) is 3.91. The average Bonchev–Trinajstić information content (AvgIpc) is 2.98. The molecule has 5 nitrogen and oxygen atoms in total. The highest BCUT2D eigenvalue weighted by Crippen LogP contribution is 2.28. The Kier molecular flexibility index (Phi) is 5.19. The van der Waals surface area contributed by atoms with Gasteiger partial charge in [-0.25, -0.2) is 0 Å². The quantitative estimate of drug-likeness (QED) is 0.918. The first kappa shape index (κ1) is 17.0. The van der Waals surface area contributed by atoms with Crippen LogP contribution in [0.15, 0.2) is 30.3 Å². The lowest BCUT2D eigenvalue weighted by atomic mass is 9.95. The van der Waals surface area contributed by atoms with Crippen LogP contribution in [0.3, 0.4) is 0 Å². The maximum atomic E-state index is 12.7. The fraction of sp³-hybridized carbons (Fsp3) is 0.579. The van der Waals surface area contributed by atoms with Crippen molar-refractivity contribution in [1.29, 1.82) is 0 Å². The summed E-state index contributed by atoms with van der Waals surface area (Å²) in [5.41, 5.74) is 1.31. The molecule has 2 atom stereocenters. The van der Waals surface area contributed by atoms with Crippen LogP contribution in [-0.2, 0) is 16.1 Å². The molecule has 1 aromatic carbocycles. The monoisotopic (exact) mass is 330 g/mol. The summed E-state index contributed by atoms with van der Waals surface area (Å²) in [4.78, 5) is 28.1. The van der Waals surface area contributed by atoms with Crippen LogP contribution in [0.25, 0.3) is 0 Å². The van der Waals surface area contributed by atoms with Crippen molar-refractivity contribution in [2.75, 3.05) is 26.2 Å². The van der Waals surface area contributed by atoms with Crippen molar-refractivity contribution in [2.24, 2.45) is 17.8 Å². The van der Waals surface area contributed by atoms with E-state index in [9.17, 15) is 14.7 Å². The molecule has 1 aromatic rings. The molecule has 0 bridgehead atoms. The number of piperidine rings is 1. The zero-order chi connectivity index (χ0) is 17.1. The molecular weight excluding hydrogens is 304 g/mol. The smallest absolute Gasteiger partial charge is 0.308 e. The molecule has 130 valence electrons. The minimum atomic E-state index is -0.782. The molecule has 2 saturated heterocycles. The van der Waals surface area contributed by atoms with Crippen molar-refractivity contribution in [3.8, 4) is 0 Å². The predicted octanol–water partition coefficient (Wildman–Crippen LogP) is 2.08. The number of carbonyl (C=O) groups excluding carboxylic acids is 1. The van der Waals surface area contributed by atoms with Gasteiger partial charge in [0.2, 0.25) is 5.91 Å². The minimum Gasteiger partial charge on any atom is -0.481 e. The summed E-state index contributed by atoms with van der Waals surface area (Å²) in [6.45, 7) is 5.67. The van der Waals surface area contributed by atoms with E-state index >= 15 is 0 Å². The molecule has 1 N–H and O–H groups in total. The van der Waals surface area contributed by atoms with Crippen molar-refractivity contribution in [3.63, 3.8) is 0 Å². The normalized spacial score (nSPS) is 25.8. The van der Waals surface area contributed by atoms with Crippen molar-refractivity contribution in [2.45, 2.75) is 26.3 Å². The Balaban J connectivity index is 1.50. The van der Waals surface area contributed by atoms with Gasteiger partial charge in [0.1, 0.15) is 0 Å². The van der Waals surface area contributed by atoms with Crippen LogP contribution >= 0.6 is 0 Å². The van der Waals surface area contributed by atoms with Crippen LogP contribution in [0, 0.1) is 17.8 Å². The maximum absolute atomic E-state index is 12.7. The molecular formula is C19H26N2O3. The molecule has 2 heterocycles. The van der Waals surface area contributed by atoms with Crippen LogP contribution in [0.5, 0.6) is 0 Å². The number of benzene rings is 1. The molecule has 0 aromatic heterocycles. The van der Waals surface area contributed by atoms with Gasteiger partial charge in [-0.2, -0.15) is 0 Å². The topological polar surface area (TPSA) is 60.9 Å². The Morgan fingerprint density at radius 2 is 1.79 bits per heavy atom. The number of carboxylic acid groups (broad SMARTS) is 1. The standard InChI is InChI=1S/C19H26N2O3/c1-14-11-21(13-17(14)19(23)24)18(22)16-7-9-20(10-8-16)12-15-5-3-2-4-6-15/h2-6,14,16-17H,7-13H2,1H3,(H,23,24)/t14-,17-/m1/s1. The Hall–Kier alpha value is -1.88. The molecule has 0 unspecified atom stereocenters. The van der Waals surface area contributed by atoms with Gasteiger partial charge in [-0.15, -0.1) is 0 Å². The summed E-state index contributed by atoms with van der Waals surface area (Å²) >= 11 is 0. The molecule has 1 amide bonds. The SMILES string of the molecule is C[C@@H]1CN(C(=O)C2CCN(Cc3ccccc3)CC2)C[C@H]1C(=O)O. The second kappa shape index (κ2) is 7.34. The van der Waals surface area contributed by atoms with E-state index in [0.717, 1.165) is 32.5 Å². The summed E-state index contributed by atoms with van der Waals surface area (Å²) in [7, 11) is 0. The van der Waals surface area contributed by atoms with Crippen LogP contribution in [0.2, 0.25) is 0 Å². The number of rotatable bonds is 4. The van der Waals surface area contributed by atoms with E-state index in [0.29, 0.717) is 13.1 Å². The van der Waals surface area contributed by atoms with E-state index < -0.39 is 11.9 Å². The second-order valence-electron chi connectivity index (χ2n) is 7.20. The largest absolute Gasteiger partial charge is 0.481 e. The first-order chi connectivity index (χ1) is 11.5. The van der Waals surface area contributed by atoms with Gasteiger partial charge in [0.05, 0.1) is 5.92 Å². The molecule has 2 aliphatic heterocycles. The zero-order valence-corrected chi connectivity index (χ0v) is 14.2. The van der Waals surface area contributed by atoms with Gasteiger partial charge in [0.15, 0.2) is 0 Å². The van der Waals surface area contributed by atoms with Crippen molar-refractivity contribution >= 4 is 11.9 Å². The van der Waals surface area contributed by atoms with Gasteiger partial charge < -0.3 is 10.0 Å². The summed E-state index contributed by atoms with van der Waals surface area (Å²) in [5.74, 6) is -0.936. The maximum Gasteiger partial charge on any atom is 0.308 e. The average molecular weight is 330 g/mol. The van der Waals surface area contributed by atoms with Gasteiger partial charge in [0.25, 0.3) is 0 Å². The summed E-state index contributed by atoms with van der Waals surface area (Å²) in [5, 5.41) is 9.22. The fourth-order valence-corrected chi connectivity index (χ4v) is 3.91. The molecule has 0 aliphatic carbocycles. The van der Waals surface area contributed by atoms with E-state index in [-0.39, 0.29) is 17.7 Å². The van der Waals surface area contributed by atoms with E-state index in [1.54, 1.807) is 4.90 Å². The van der Waals surface area contributed by atoms with Crippen molar-refractivity contribution < 1.29 is 14.7 Å². The van der Waals surface area contributed by atoms with Crippen LogP contribution in [0.1, 0.15) is 25.3 Å². The molecule has 24 heavy (non-hydrogen) atoms. The summed E-state index contributed by atoms with van der Waals surface area (Å²) in [6, 6.07) is 10.4. The molecule has 0 saturated carbocycles. The van der Waals surface area contributed by atoms with E-state index in [1.807, 2.05) is 13.0 Å². The third-order valence-electron chi connectivity index (χ3n) is 5.43. The van der Waals surface area contributed by atoms with Crippen molar-refractivity contribution in [3.05, 3.63) is 35.9 Å².